The number of likely N-dealkylation sites (tertiary alicyclic amines) is 1. The van der Waals surface area contributed by atoms with Crippen molar-refractivity contribution in [2.24, 2.45) is 0 Å². The Labute approximate surface area is 195 Å². The monoisotopic (exact) mass is 473 g/mol. The number of hydrogen-bond donors (Lipinski definition) is 1. The summed E-state index contributed by atoms with van der Waals surface area (Å²) < 4.78 is 34.6. The predicted molar refractivity (Wildman–Crippen MR) is 125 cm³/mol. The van der Waals surface area contributed by atoms with Crippen molar-refractivity contribution in [3.8, 4) is 5.75 Å². The maximum atomic E-state index is 13.0. The van der Waals surface area contributed by atoms with Gasteiger partial charge < -0.3 is 9.64 Å². The van der Waals surface area contributed by atoms with Gasteiger partial charge in [0, 0.05) is 33.1 Å². The number of ether oxygens (including phenoxy) is 1. The highest BCUT2D eigenvalue weighted by atomic mass is 32.2. The first kappa shape index (κ1) is 23.7. The summed E-state index contributed by atoms with van der Waals surface area (Å²) in [5.74, 6) is 0.873. The minimum atomic E-state index is -3.61. The van der Waals surface area contributed by atoms with Gasteiger partial charge in [0.25, 0.3) is 0 Å². The molecule has 2 fully saturated rings. The fraction of sp³-hybridized carbons (Fsp3) is 0.458. The number of benzene rings is 2. The molecule has 0 radical (unpaired) electrons. The lowest BCUT2D eigenvalue weighted by molar-refractivity contribution is -0.127. The van der Waals surface area contributed by atoms with Crippen LogP contribution in [0, 0.1) is 0 Å². The molecule has 1 amide bonds. The number of nitrogens with zero attached hydrogens (tertiary/aromatic N) is 2. The molecular weight excluding hydrogens is 442 g/mol. The summed E-state index contributed by atoms with van der Waals surface area (Å²) in [6, 6.07) is 17.0. The van der Waals surface area contributed by atoms with Crippen molar-refractivity contribution >= 4 is 15.9 Å². The van der Waals surface area contributed by atoms with Gasteiger partial charge in [0.05, 0.1) is 12.6 Å². The molecule has 2 aromatic rings. The summed E-state index contributed by atoms with van der Waals surface area (Å²) in [5.41, 5.74) is 1.93. The summed E-state index contributed by atoms with van der Waals surface area (Å²) in [4.78, 5) is 19.1. The maximum absolute atomic E-state index is 13.0. The van der Waals surface area contributed by atoms with E-state index in [-0.39, 0.29) is 12.5 Å². The Morgan fingerprint density at radius 1 is 1.12 bits per heavy atom. The third kappa shape index (κ3) is 5.92. The lowest BCUT2D eigenvalue weighted by Crippen LogP contribution is -2.40. The highest BCUT2D eigenvalue weighted by Crippen LogP contribution is 2.34. The van der Waals surface area contributed by atoms with Crippen LogP contribution in [0.4, 0.5) is 0 Å². The van der Waals surface area contributed by atoms with E-state index in [4.69, 9.17) is 9.57 Å². The number of carbonyl (C=O) groups is 1. The molecule has 178 valence electrons. The number of amides is 1. The van der Waals surface area contributed by atoms with E-state index < -0.39 is 21.3 Å². The first-order chi connectivity index (χ1) is 15.9. The third-order valence-corrected chi connectivity index (χ3v) is 7.93. The average molecular weight is 474 g/mol. The lowest BCUT2D eigenvalue weighted by Gasteiger charge is -2.23. The molecule has 0 saturated carbocycles. The SMILES string of the molecule is CN1OC[C@@H](S(=O)(=O)NCCCN2CCCC2=O)[C@@H]1c1ccc(OCc2ccccc2)cc1. The lowest BCUT2D eigenvalue weighted by atomic mass is 10.0. The van der Waals surface area contributed by atoms with Crippen LogP contribution < -0.4 is 9.46 Å². The molecule has 2 aliphatic rings. The smallest absolute Gasteiger partial charge is 0.222 e. The van der Waals surface area contributed by atoms with Crippen molar-refractivity contribution in [2.75, 3.05) is 33.3 Å². The summed E-state index contributed by atoms with van der Waals surface area (Å²) in [6.07, 6.45) is 2.07. The Morgan fingerprint density at radius 3 is 2.58 bits per heavy atom. The number of carbonyl (C=O) groups excluding carboxylic acids is 1. The molecule has 2 atom stereocenters. The molecule has 0 bridgehead atoms. The van der Waals surface area contributed by atoms with E-state index in [2.05, 4.69) is 4.72 Å². The minimum absolute atomic E-state index is 0.0906. The Kier molecular flexibility index (Phi) is 7.64. The number of hydrogen-bond acceptors (Lipinski definition) is 6. The molecule has 33 heavy (non-hydrogen) atoms. The van der Waals surface area contributed by atoms with E-state index in [1.165, 1.54) is 0 Å². The maximum Gasteiger partial charge on any atom is 0.222 e. The first-order valence-electron chi connectivity index (χ1n) is 11.3. The number of nitrogens with one attached hydrogen (secondary N) is 1. The summed E-state index contributed by atoms with van der Waals surface area (Å²) >= 11 is 0. The van der Waals surface area contributed by atoms with Crippen molar-refractivity contribution in [2.45, 2.75) is 37.2 Å². The number of rotatable bonds is 10. The van der Waals surface area contributed by atoms with Gasteiger partial charge in [-0.3, -0.25) is 9.63 Å². The largest absolute Gasteiger partial charge is 0.489 e. The molecule has 9 heteroatoms. The van der Waals surface area contributed by atoms with Gasteiger partial charge in [0.2, 0.25) is 15.9 Å². The molecule has 2 saturated heterocycles. The number of hydroxylamine groups is 2. The molecule has 2 aromatic carbocycles. The zero-order valence-electron chi connectivity index (χ0n) is 18.9. The molecule has 2 aliphatic heterocycles. The van der Waals surface area contributed by atoms with Crippen molar-refractivity contribution < 1.29 is 22.8 Å². The van der Waals surface area contributed by atoms with Gasteiger partial charge in [-0.1, -0.05) is 42.5 Å². The van der Waals surface area contributed by atoms with Crippen molar-refractivity contribution in [3.05, 3.63) is 65.7 Å². The van der Waals surface area contributed by atoms with Crippen molar-refractivity contribution in [3.63, 3.8) is 0 Å². The van der Waals surface area contributed by atoms with Crippen LogP contribution in [0.25, 0.3) is 0 Å². The Bertz CT molecular complexity index is 1030. The van der Waals surface area contributed by atoms with Crippen molar-refractivity contribution in [1.29, 1.82) is 0 Å². The fourth-order valence-electron chi connectivity index (χ4n) is 4.31. The van der Waals surface area contributed by atoms with Crippen LogP contribution >= 0.6 is 0 Å². The zero-order chi connectivity index (χ0) is 23.3. The Hall–Kier alpha value is -2.46. The van der Waals surface area contributed by atoms with Crippen LogP contribution in [0.1, 0.15) is 36.4 Å². The van der Waals surface area contributed by atoms with Gasteiger partial charge >= 0.3 is 0 Å². The Morgan fingerprint density at radius 2 is 1.88 bits per heavy atom. The Balaban J connectivity index is 1.34. The topological polar surface area (TPSA) is 88.2 Å². The second kappa shape index (κ2) is 10.6. The van der Waals surface area contributed by atoms with Crippen LogP contribution in [-0.4, -0.2) is 62.8 Å². The molecule has 2 heterocycles. The van der Waals surface area contributed by atoms with Gasteiger partial charge in [-0.15, -0.1) is 0 Å². The van der Waals surface area contributed by atoms with E-state index in [0.717, 1.165) is 29.8 Å². The van der Waals surface area contributed by atoms with Gasteiger partial charge in [-0.05, 0) is 36.1 Å². The fourth-order valence-corrected chi connectivity index (χ4v) is 5.87. The zero-order valence-corrected chi connectivity index (χ0v) is 19.7. The van der Waals surface area contributed by atoms with Gasteiger partial charge in [0.15, 0.2) is 0 Å². The van der Waals surface area contributed by atoms with E-state index in [1.54, 1.807) is 17.0 Å². The molecular formula is C24H31N3O5S. The summed E-state index contributed by atoms with van der Waals surface area (Å²) in [5, 5.41) is 0.874. The van der Waals surface area contributed by atoms with Crippen molar-refractivity contribution in [1.82, 2.24) is 14.7 Å². The van der Waals surface area contributed by atoms with Crippen LogP contribution in [0.2, 0.25) is 0 Å². The predicted octanol–water partition coefficient (Wildman–Crippen LogP) is 2.48. The minimum Gasteiger partial charge on any atom is -0.489 e. The molecule has 0 unspecified atom stereocenters. The molecule has 0 spiro atoms. The van der Waals surface area contributed by atoms with E-state index in [9.17, 15) is 13.2 Å². The summed E-state index contributed by atoms with van der Waals surface area (Å²) in [7, 11) is -1.86. The normalized spacial score (nSPS) is 21.6. The van der Waals surface area contributed by atoms with E-state index >= 15 is 0 Å². The summed E-state index contributed by atoms with van der Waals surface area (Å²) in [6.45, 7) is 2.20. The van der Waals surface area contributed by atoms with Crippen LogP contribution in [0.5, 0.6) is 5.75 Å². The third-order valence-electron chi connectivity index (χ3n) is 6.13. The quantitative estimate of drug-likeness (QED) is 0.534. The number of sulfonamides is 1. The second-order valence-electron chi connectivity index (χ2n) is 8.45. The van der Waals surface area contributed by atoms with Gasteiger partial charge in [-0.25, -0.2) is 13.1 Å². The molecule has 1 N–H and O–H groups in total. The molecule has 8 nitrogen and oxygen atoms in total. The second-order valence-corrected chi connectivity index (χ2v) is 10.4. The highest BCUT2D eigenvalue weighted by molar-refractivity contribution is 7.90. The highest BCUT2D eigenvalue weighted by Gasteiger charge is 2.43. The van der Waals surface area contributed by atoms with Gasteiger partial charge in [-0.2, -0.15) is 5.06 Å². The van der Waals surface area contributed by atoms with Crippen LogP contribution in [0.15, 0.2) is 54.6 Å². The molecule has 4 rings (SSSR count). The first-order valence-corrected chi connectivity index (χ1v) is 12.9. The van der Waals surface area contributed by atoms with Crippen LogP contribution in [-0.2, 0) is 26.3 Å². The standard InChI is InChI=1S/C24H31N3O5S/c1-26-24(20-10-12-21(13-11-20)31-17-19-7-3-2-4-8-19)22(18-32-26)33(29,30)25-14-6-16-27-15-5-9-23(27)28/h2-4,7-8,10-13,22,24-25H,5-6,9,14-18H2,1H3/t22-,24+/m1/s1. The average Bonchev–Trinajstić information content (AvgIpc) is 3.42. The van der Waals surface area contributed by atoms with E-state index in [1.807, 2.05) is 54.6 Å². The van der Waals surface area contributed by atoms with Crippen LogP contribution in [0.3, 0.4) is 0 Å². The van der Waals surface area contributed by atoms with Gasteiger partial charge in [0.1, 0.15) is 17.6 Å². The van der Waals surface area contributed by atoms with E-state index in [0.29, 0.717) is 32.5 Å². The molecule has 0 aliphatic carbocycles. The molecule has 0 aromatic heterocycles.